The van der Waals surface area contributed by atoms with Crippen molar-refractivity contribution in [2.75, 3.05) is 6.61 Å². The predicted molar refractivity (Wildman–Crippen MR) is 80.7 cm³/mol. The van der Waals surface area contributed by atoms with Gasteiger partial charge in [0.25, 0.3) is 0 Å². The number of fused-ring (bicyclic) bond motifs is 1. The van der Waals surface area contributed by atoms with Crippen LogP contribution in [0.3, 0.4) is 0 Å². The van der Waals surface area contributed by atoms with Gasteiger partial charge in [-0.15, -0.1) is 0 Å². The largest absolute Gasteiger partial charge is 0.396 e. The van der Waals surface area contributed by atoms with Crippen molar-refractivity contribution in [3.63, 3.8) is 0 Å². The Balaban J connectivity index is 1.89. The van der Waals surface area contributed by atoms with Crippen LogP contribution in [0.1, 0.15) is 56.1 Å². The van der Waals surface area contributed by atoms with E-state index < -0.39 is 0 Å². The number of aryl methyl sites for hydroxylation is 1. The molecule has 0 saturated carbocycles. The molecule has 0 heterocycles. The third-order valence-corrected chi connectivity index (χ3v) is 4.13. The first-order chi connectivity index (χ1) is 9.70. The maximum absolute atomic E-state index is 12.1. The van der Waals surface area contributed by atoms with E-state index >= 15 is 0 Å². The molecule has 0 spiro atoms. The average molecular weight is 275 g/mol. The lowest BCUT2D eigenvalue weighted by atomic mass is 9.81. The average Bonchev–Trinajstić information content (AvgIpc) is 2.45. The molecule has 2 atom stereocenters. The number of benzene rings is 1. The maximum Gasteiger partial charge on any atom is 0.220 e. The Morgan fingerprint density at radius 1 is 1.45 bits per heavy atom. The Kier molecular flexibility index (Phi) is 5.60. The van der Waals surface area contributed by atoms with Crippen molar-refractivity contribution < 1.29 is 9.90 Å². The first kappa shape index (κ1) is 15.0. The lowest BCUT2D eigenvalue weighted by Gasteiger charge is -2.25. The van der Waals surface area contributed by atoms with E-state index in [4.69, 9.17) is 5.11 Å². The lowest BCUT2D eigenvalue weighted by Crippen LogP contribution is -2.33. The van der Waals surface area contributed by atoms with Crippen molar-refractivity contribution in [3.05, 3.63) is 35.4 Å². The zero-order valence-corrected chi connectivity index (χ0v) is 12.3. The second-order valence-electron chi connectivity index (χ2n) is 5.83. The second kappa shape index (κ2) is 7.44. The van der Waals surface area contributed by atoms with Crippen LogP contribution in [-0.4, -0.2) is 23.7 Å². The van der Waals surface area contributed by atoms with Gasteiger partial charge in [0.2, 0.25) is 5.91 Å². The van der Waals surface area contributed by atoms with Gasteiger partial charge in [0.1, 0.15) is 0 Å². The van der Waals surface area contributed by atoms with E-state index in [9.17, 15) is 4.79 Å². The molecule has 3 nitrogen and oxygen atoms in total. The van der Waals surface area contributed by atoms with Crippen LogP contribution in [0.25, 0.3) is 0 Å². The summed E-state index contributed by atoms with van der Waals surface area (Å²) in [6.45, 7) is 2.19. The van der Waals surface area contributed by atoms with Crippen LogP contribution in [-0.2, 0) is 11.2 Å². The summed E-state index contributed by atoms with van der Waals surface area (Å²) in [7, 11) is 0. The van der Waals surface area contributed by atoms with Crippen molar-refractivity contribution in [2.24, 2.45) is 0 Å². The highest BCUT2D eigenvalue weighted by Crippen LogP contribution is 2.33. The minimum absolute atomic E-state index is 0.136. The first-order valence-corrected chi connectivity index (χ1v) is 7.68. The molecule has 1 aromatic rings. The van der Waals surface area contributed by atoms with Gasteiger partial charge in [-0.25, -0.2) is 0 Å². The van der Waals surface area contributed by atoms with Crippen molar-refractivity contribution >= 4 is 5.91 Å². The molecule has 2 rings (SSSR count). The standard InChI is InChI=1S/C17H25NO2/c1-13(6-5-11-19)18-17(20)12-15-9-4-8-14-7-2-3-10-16(14)15/h2-3,7,10,13,15,19H,4-6,8-9,11-12H2,1H3,(H,18,20). The van der Waals surface area contributed by atoms with Crippen LogP contribution in [0.15, 0.2) is 24.3 Å². The number of rotatable bonds is 6. The third-order valence-electron chi connectivity index (χ3n) is 4.13. The maximum atomic E-state index is 12.1. The number of carbonyl (C=O) groups is 1. The molecule has 1 amide bonds. The van der Waals surface area contributed by atoms with Gasteiger partial charge in [-0.2, -0.15) is 0 Å². The summed E-state index contributed by atoms with van der Waals surface area (Å²) < 4.78 is 0. The Morgan fingerprint density at radius 2 is 2.25 bits per heavy atom. The summed E-state index contributed by atoms with van der Waals surface area (Å²) in [6, 6.07) is 8.65. The molecule has 0 bridgehead atoms. The first-order valence-electron chi connectivity index (χ1n) is 7.68. The molecular weight excluding hydrogens is 250 g/mol. The molecule has 2 N–H and O–H groups in total. The number of aliphatic hydroxyl groups excluding tert-OH is 1. The summed E-state index contributed by atoms with van der Waals surface area (Å²) in [6.07, 6.45) is 5.59. The number of aliphatic hydroxyl groups is 1. The van der Waals surface area contributed by atoms with Crippen LogP contribution >= 0.6 is 0 Å². The highest BCUT2D eigenvalue weighted by Gasteiger charge is 2.22. The van der Waals surface area contributed by atoms with E-state index in [2.05, 4.69) is 29.6 Å². The monoisotopic (exact) mass is 275 g/mol. The van der Waals surface area contributed by atoms with Gasteiger partial charge in [-0.3, -0.25) is 4.79 Å². The summed E-state index contributed by atoms with van der Waals surface area (Å²) >= 11 is 0. The number of hydrogen-bond donors (Lipinski definition) is 2. The summed E-state index contributed by atoms with van der Waals surface area (Å²) in [5.74, 6) is 0.502. The minimum Gasteiger partial charge on any atom is -0.396 e. The van der Waals surface area contributed by atoms with E-state index in [1.54, 1.807) is 0 Å². The van der Waals surface area contributed by atoms with Gasteiger partial charge in [-0.05, 0) is 56.1 Å². The smallest absolute Gasteiger partial charge is 0.220 e. The van der Waals surface area contributed by atoms with E-state index in [-0.39, 0.29) is 18.6 Å². The van der Waals surface area contributed by atoms with Gasteiger partial charge in [0.15, 0.2) is 0 Å². The molecule has 0 fully saturated rings. The van der Waals surface area contributed by atoms with Gasteiger partial charge < -0.3 is 10.4 Å². The van der Waals surface area contributed by atoms with Crippen LogP contribution in [0.5, 0.6) is 0 Å². The topological polar surface area (TPSA) is 49.3 Å². The van der Waals surface area contributed by atoms with Crippen LogP contribution in [0.2, 0.25) is 0 Å². The molecule has 0 aromatic heterocycles. The molecule has 0 aliphatic heterocycles. The minimum atomic E-state index is 0.136. The normalized spacial score (nSPS) is 19.2. The highest BCUT2D eigenvalue weighted by atomic mass is 16.2. The Morgan fingerprint density at radius 3 is 3.05 bits per heavy atom. The van der Waals surface area contributed by atoms with Crippen LogP contribution in [0, 0.1) is 0 Å². The molecule has 20 heavy (non-hydrogen) atoms. The summed E-state index contributed by atoms with van der Waals surface area (Å²) in [4.78, 5) is 12.1. The van der Waals surface area contributed by atoms with Crippen LogP contribution < -0.4 is 5.32 Å². The molecule has 3 heteroatoms. The number of carbonyl (C=O) groups excluding carboxylic acids is 1. The van der Waals surface area contributed by atoms with E-state index in [0.29, 0.717) is 12.3 Å². The number of nitrogens with one attached hydrogen (secondary N) is 1. The second-order valence-corrected chi connectivity index (χ2v) is 5.83. The zero-order valence-electron chi connectivity index (χ0n) is 12.3. The SMILES string of the molecule is CC(CCCO)NC(=O)CC1CCCc2ccccc21. The van der Waals surface area contributed by atoms with Crippen molar-refractivity contribution in [1.82, 2.24) is 5.32 Å². The van der Waals surface area contributed by atoms with Gasteiger partial charge in [-0.1, -0.05) is 24.3 Å². The zero-order chi connectivity index (χ0) is 14.4. The Labute approximate surface area is 121 Å². The molecule has 2 unspecified atom stereocenters. The van der Waals surface area contributed by atoms with Gasteiger partial charge >= 0.3 is 0 Å². The van der Waals surface area contributed by atoms with E-state index in [1.807, 2.05) is 6.92 Å². The molecular formula is C17H25NO2. The quantitative estimate of drug-likeness (QED) is 0.838. The Hall–Kier alpha value is -1.35. The van der Waals surface area contributed by atoms with Crippen LogP contribution in [0.4, 0.5) is 0 Å². The summed E-state index contributed by atoms with van der Waals surface area (Å²) in [5, 5.41) is 11.8. The van der Waals surface area contributed by atoms with E-state index in [1.165, 1.54) is 17.5 Å². The predicted octanol–water partition coefficient (Wildman–Crippen LogP) is 2.77. The lowest BCUT2D eigenvalue weighted by molar-refractivity contribution is -0.122. The highest BCUT2D eigenvalue weighted by molar-refractivity contribution is 5.77. The number of amides is 1. The van der Waals surface area contributed by atoms with Gasteiger partial charge in [0, 0.05) is 19.1 Å². The fourth-order valence-corrected chi connectivity index (χ4v) is 3.09. The van der Waals surface area contributed by atoms with Crippen molar-refractivity contribution in [3.8, 4) is 0 Å². The number of hydrogen-bond acceptors (Lipinski definition) is 2. The third kappa shape index (κ3) is 4.07. The van der Waals surface area contributed by atoms with Gasteiger partial charge in [0.05, 0.1) is 0 Å². The molecule has 1 aromatic carbocycles. The Bertz CT molecular complexity index is 444. The molecule has 1 aliphatic rings. The molecule has 1 aliphatic carbocycles. The fraction of sp³-hybridized carbons (Fsp3) is 0.588. The molecule has 0 radical (unpaired) electrons. The summed E-state index contributed by atoms with van der Waals surface area (Å²) in [5.41, 5.74) is 2.77. The molecule has 0 saturated heterocycles. The molecule has 110 valence electrons. The van der Waals surface area contributed by atoms with Crippen molar-refractivity contribution in [1.29, 1.82) is 0 Å². The van der Waals surface area contributed by atoms with E-state index in [0.717, 1.165) is 25.7 Å². The fourth-order valence-electron chi connectivity index (χ4n) is 3.09. The van der Waals surface area contributed by atoms with Crippen molar-refractivity contribution in [2.45, 2.75) is 57.4 Å².